The fourth-order valence-corrected chi connectivity index (χ4v) is 4.37. The molecule has 0 spiro atoms. The highest BCUT2D eigenvalue weighted by atomic mass is 16.4. The van der Waals surface area contributed by atoms with Crippen LogP contribution >= 0.6 is 0 Å². The maximum absolute atomic E-state index is 12.6. The quantitative estimate of drug-likeness (QED) is 0.481. The van der Waals surface area contributed by atoms with Crippen LogP contribution in [0.1, 0.15) is 45.4 Å². The van der Waals surface area contributed by atoms with Gasteiger partial charge in [-0.15, -0.1) is 0 Å². The van der Waals surface area contributed by atoms with Crippen LogP contribution in [0.4, 0.5) is 4.79 Å². The van der Waals surface area contributed by atoms with Crippen LogP contribution in [0.25, 0.3) is 0 Å². The Hall–Kier alpha value is -2.16. The first-order valence-corrected chi connectivity index (χ1v) is 10.2. The Bertz CT molecular complexity index is 698. The summed E-state index contributed by atoms with van der Waals surface area (Å²) in [5.41, 5.74) is -0.876. The number of carboxylic acid groups (broad SMARTS) is 1. The van der Waals surface area contributed by atoms with Gasteiger partial charge in [-0.2, -0.15) is 0 Å². The van der Waals surface area contributed by atoms with E-state index in [0.29, 0.717) is 18.8 Å². The van der Waals surface area contributed by atoms with Crippen LogP contribution in [0, 0.1) is 11.8 Å². The van der Waals surface area contributed by atoms with Gasteiger partial charge in [0.25, 0.3) is 5.91 Å². The monoisotopic (exact) mass is 392 g/mol. The molecule has 0 aromatic carbocycles. The molecule has 0 aromatic rings. The zero-order valence-corrected chi connectivity index (χ0v) is 16.1. The fraction of sp³-hybridized carbons (Fsp3) is 0.789. The van der Waals surface area contributed by atoms with Gasteiger partial charge in [0.1, 0.15) is 12.1 Å². The third-order valence-electron chi connectivity index (χ3n) is 6.52. The molecule has 1 heterocycles. The lowest BCUT2D eigenvalue weighted by molar-refractivity contribution is -0.140. The molecule has 4 fully saturated rings. The number of hydrogen-bond acceptors (Lipinski definition) is 5. The molecule has 3 saturated carbocycles. The molecule has 4 aliphatic rings. The summed E-state index contributed by atoms with van der Waals surface area (Å²) in [6, 6.07) is -0.376. The maximum atomic E-state index is 12.6. The van der Waals surface area contributed by atoms with E-state index in [9.17, 15) is 19.2 Å². The minimum absolute atomic E-state index is 0.0318. The number of aliphatic carboxylic acids is 1. The van der Waals surface area contributed by atoms with E-state index in [1.54, 1.807) is 6.92 Å². The highest BCUT2D eigenvalue weighted by Crippen LogP contribution is 2.42. The zero-order valence-electron chi connectivity index (χ0n) is 16.1. The largest absolute Gasteiger partial charge is 0.480 e. The number of amides is 4. The molecule has 4 rings (SSSR count). The molecular formula is C19H28N4O5. The third-order valence-corrected chi connectivity index (χ3v) is 6.52. The molecule has 1 saturated heterocycles. The first-order chi connectivity index (χ1) is 13.3. The lowest BCUT2D eigenvalue weighted by atomic mass is 9.85. The van der Waals surface area contributed by atoms with Crippen LogP contribution in [0.3, 0.4) is 0 Å². The molecule has 9 heteroatoms. The second-order valence-corrected chi connectivity index (χ2v) is 8.95. The van der Waals surface area contributed by atoms with E-state index in [1.807, 2.05) is 4.90 Å². The van der Waals surface area contributed by atoms with Crippen molar-refractivity contribution in [2.45, 2.75) is 63.1 Å². The number of hydrogen-bond donors (Lipinski definition) is 3. The normalized spacial score (nSPS) is 32.3. The second kappa shape index (κ2) is 7.02. The SMILES string of the molecule is CC1(C2CC2)NC(=O)N(CC(=O)NC2CC(N(CC(=O)O)CC3CC3)C2)C1=O. The zero-order chi connectivity index (χ0) is 20.1. The molecule has 0 aromatic heterocycles. The standard InChI is InChI=1S/C19H28N4O5/c1-19(12-4-5-12)17(27)23(18(28)21-19)9-15(24)20-13-6-14(7-13)22(10-16(25)26)8-11-2-3-11/h11-14H,2-10H2,1H3,(H,20,24)(H,21,28)(H,25,26). The third kappa shape index (κ3) is 3.85. The van der Waals surface area contributed by atoms with Crippen LogP contribution in [0.5, 0.6) is 0 Å². The summed E-state index contributed by atoms with van der Waals surface area (Å²) in [4.78, 5) is 51.2. The lowest BCUT2D eigenvalue weighted by Crippen LogP contribution is -2.56. The van der Waals surface area contributed by atoms with Crippen molar-refractivity contribution >= 4 is 23.8 Å². The van der Waals surface area contributed by atoms with Crippen molar-refractivity contribution in [3.05, 3.63) is 0 Å². The van der Waals surface area contributed by atoms with Gasteiger partial charge in [-0.25, -0.2) is 4.79 Å². The number of imide groups is 1. The van der Waals surface area contributed by atoms with Gasteiger partial charge in [-0.1, -0.05) is 0 Å². The number of carbonyl (C=O) groups excluding carboxylic acids is 3. The second-order valence-electron chi connectivity index (χ2n) is 8.95. The first kappa shape index (κ1) is 19.2. The molecule has 1 atom stereocenters. The van der Waals surface area contributed by atoms with E-state index < -0.39 is 17.5 Å². The highest BCUT2D eigenvalue weighted by Gasteiger charge is 2.56. The Morgan fingerprint density at radius 2 is 1.93 bits per heavy atom. The van der Waals surface area contributed by atoms with Crippen molar-refractivity contribution in [1.29, 1.82) is 0 Å². The number of urea groups is 1. The van der Waals surface area contributed by atoms with E-state index >= 15 is 0 Å². The van der Waals surface area contributed by atoms with Gasteiger partial charge < -0.3 is 15.7 Å². The number of nitrogens with zero attached hydrogens (tertiary/aromatic N) is 2. The molecule has 3 N–H and O–H groups in total. The van der Waals surface area contributed by atoms with Crippen molar-refractivity contribution < 1.29 is 24.3 Å². The van der Waals surface area contributed by atoms with Crippen LogP contribution < -0.4 is 10.6 Å². The van der Waals surface area contributed by atoms with E-state index in [1.165, 1.54) is 0 Å². The van der Waals surface area contributed by atoms with Gasteiger partial charge in [0.2, 0.25) is 5.91 Å². The van der Waals surface area contributed by atoms with Crippen molar-refractivity contribution in [3.8, 4) is 0 Å². The Kier molecular flexibility index (Phi) is 4.81. The van der Waals surface area contributed by atoms with Gasteiger partial charge in [0.15, 0.2) is 0 Å². The summed E-state index contributed by atoms with van der Waals surface area (Å²) in [6.07, 6.45) is 5.56. The number of rotatable bonds is 9. The molecule has 3 aliphatic carbocycles. The number of nitrogens with one attached hydrogen (secondary N) is 2. The Balaban J connectivity index is 1.24. The number of carbonyl (C=O) groups is 4. The van der Waals surface area contributed by atoms with Crippen LogP contribution in [-0.2, 0) is 14.4 Å². The molecular weight excluding hydrogens is 364 g/mol. The van der Waals surface area contributed by atoms with Crippen molar-refractivity contribution in [3.63, 3.8) is 0 Å². The molecule has 1 aliphatic heterocycles. The maximum Gasteiger partial charge on any atom is 0.325 e. The van der Waals surface area contributed by atoms with Crippen LogP contribution in [0.2, 0.25) is 0 Å². The number of carboxylic acids is 1. The molecule has 28 heavy (non-hydrogen) atoms. The summed E-state index contributed by atoms with van der Waals surface area (Å²) in [6.45, 7) is 2.30. The summed E-state index contributed by atoms with van der Waals surface area (Å²) in [5.74, 6) is -0.729. The van der Waals surface area contributed by atoms with E-state index in [4.69, 9.17) is 5.11 Å². The van der Waals surface area contributed by atoms with Gasteiger partial charge in [0.05, 0.1) is 6.54 Å². The smallest absolute Gasteiger partial charge is 0.325 e. The molecule has 1 unspecified atom stereocenters. The van der Waals surface area contributed by atoms with Gasteiger partial charge in [-0.3, -0.25) is 24.2 Å². The molecule has 0 radical (unpaired) electrons. The summed E-state index contributed by atoms with van der Waals surface area (Å²) >= 11 is 0. The topological polar surface area (TPSA) is 119 Å². The molecule has 0 bridgehead atoms. The molecule has 4 amide bonds. The van der Waals surface area contributed by atoms with E-state index in [2.05, 4.69) is 10.6 Å². The van der Waals surface area contributed by atoms with Crippen molar-refractivity contribution in [2.24, 2.45) is 11.8 Å². The summed E-state index contributed by atoms with van der Waals surface area (Å²) in [5, 5.41) is 14.7. The van der Waals surface area contributed by atoms with Crippen LogP contribution in [0.15, 0.2) is 0 Å². The average Bonchev–Trinajstić information content (AvgIpc) is 3.46. The minimum atomic E-state index is -0.876. The Morgan fingerprint density at radius 3 is 2.50 bits per heavy atom. The Labute approximate surface area is 163 Å². The minimum Gasteiger partial charge on any atom is -0.480 e. The lowest BCUT2D eigenvalue weighted by Gasteiger charge is -2.42. The molecule has 154 valence electrons. The van der Waals surface area contributed by atoms with Gasteiger partial charge >= 0.3 is 12.0 Å². The fourth-order valence-electron chi connectivity index (χ4n) is 4.37. The van der Waals surface area contributed by atoms with Crippen molar-refractivity contribution in [1.82, 2.24) is 20.4 Å². The van der Waals surface area contributed by atoms with Gasteiger partial charge in [0, 0.05) is 18.6 Å². The highest BCUT2D eigenvalue weighted by molar-refractivity contribution is 6.09. The predicted octanol–water partition coefficient (Wildman–Crippen LogP) is 0.151. The Morgan fingerprint density at radius 1 is 1.25 bits per heavy atom. The molecule has 9 nitrogen and oxygen atoms in total. The average molecular weight is 392 g/mol. The predicted molar refractivity (Wildman–Crippen MR) is 98.3 cm³/mol. The van der Waals surface area contributed by atoms with E-state index in [-0.39, 0.29) is 42.9 Å². The first-order valence-electron chi connectivity index (χ1n) is 10.2. The van der Waals surface area contributed by atoms with Gasteiger partial charge in [-0.05, 0) is 57.3 Å². The van der Waals surface area contributed by atoms with Crippen molar-refractivity contribution in [2.75, 3.05) is 19.6 Å². The van der Waals surface area contributed by atoms with E-state index in [0.717, 1.165) is 37.1 Å². The summed E-state index contributed by atoms with van der Waals surface area (Å²) in [7, 11) is 0. The summed E-state index contributed by atoms with van der Waals surface area (Å²) < 4.78 is 0. The van der Waals surface area contributed by atoms with Crippen LogP contribution in [-0.4, -0.2) is 76.0 Å².